The zero-order chi connectivity index (χ0) is 14.0. The number of halogens is 2. The lowest BCUT2D eigenvalue weighted by molar-refractivity contribution is 0.102. The Morgan fingerprint density at radius 1 is 1.21 bits per heavy atom. The smallest absolute Gasteiger partial charge is 0.257 e. The minimum atomic E-state index is -0.173. The highest BCUT2D eigenvalue weighted by Crippen LogP contribution is 2.23. The second kappa shape index (κ2) is 5.84. The Hall–Kier alpha value is -1.20. The molecule has 0 saturated heterocycles. The van der Waals surface area contributed by atoms with Crippen LogP contribution < -0.4 is 5.32 Å². The van der Waals surface area contributed by atoms with Crippen molar-refractivity contribution in [2.24, 2.45) is 0 Å². The number of rotatable bonds is 2. The zero-order valence-electron chi connectivity index (χ0n) is 10.5. The summed E-state index contributed by atoms with van der Waals surface area (Å²) in [4.78, 5) is 16.4. The number of aromatic nitrogens is 1. The molecule has 0 spiro atoms. The number of hydrogen-bond donors (Lipinski definition) is 1. The quantitative estimate of drug-likeness (QED) is 0.830. The van der Waals surface area contributed by atoms with Gasteiger partial charge in [0.15, 0.2) is 0 Å². The molecule has 2 rings (SSSR count). The molecule has 5 heteroatoms. The first kappa shape index (κ1) is 14.2. The minimum Gasteiger partial charge on any atom is -0.306 e. The molecule has 98 valence electrons. The van der Waals surface area contributed by atoms with Crippen molar-refractivity contribution in [3.05, 3.63) is 56.1 Å². The number of hydrogen-bond acceptors (Lipinski definition) is 2. The number of aryl methyl sites for hydroxylation is 2. The van der Waals surface area contributed by atoms with Crippen LogP contribution in [0.5, 0.6) is 0 Å². The summed E-state index contributed by atoms with van der Waals surface area (Å²) in [5.74, 6) is 0.398. The first-order valence-electron chi connectivity index (χ1n) is 5.67. The van der Waals surface area contributed by atoms with E-state index in [1.807, 2.05) is 32.0 Å². The SMILES string of the molecule is Cc1cc(Br)cnc1NC(=O)c1cccc(C)c1Br. The van der Waals surface area contributed by atoms with Crippen molar-refractivity contribution in [1.82, 2.24) is 4.98 Å². The van der Waals surface area contributed by atoms with Gasteiger partial charge < -0.3 is 5.32 Å². The molecule has 0 aliphatic heterocycles. The zero-order valence-corrected chi connectivity index (χ0v) is 13.7. The third-order valence-electron chi connectivity index (χ3n) is 2.71. The lowest BCUT2D eigenvalue weighted by atomic mass is 10.1. The maximum atomic E-state index is 12.2. The van der Waals surface area contributed by atoms with Crippen molar-refractivity contribution in [1.29, 1.82) is 0 Å². The minimum absolute atomic E-state index is 0.173. The Morgan fingerprint density at radius 2 is 1.95 bits per heavy atom. The number of carbonyl (C=O) groups is 1. The van der Waals surface area contributed by atoms with Crippen LogP contribution in [0.3, 0.4) is 0 Å². The Balaban J connectivity index is 2.28. The average molecular weight is 384 g/mol. The summed E-state index contributed by atoms with van der Waals surface area (Å²) in [6, 6.07) is 7.50. The fraction of sp³-hybridized carbons (Fsp3) is 0.143. The predicted molar refractivity (Wildman–Crippen MR) is 83.5 cm³/mol. The van der Waals surface area contributed by atoms with E-state index in [9.17, 15) is 4.79 Å². The van der Waals surface area contributed by atoms with Crippen molar-refractivity contribution in [2.75, 3.05) is 5.32 Å². The van der Waals surface area contributed by atoms with Crippen LogP contribution in [0.15, 0.2) is 39.4 Å². The van der Waals surface area contributed by atoms with Gasteiger partial charge in [0.25, 0.3) is 5.91 Å². The first-order valence-corrected chi connectivity index (χ1v) is 7.26. The number of nitrogens with zero attached hydrogens (tertiary/aromatic N) is 1. The molecule has 2 aromatic rings. The Kier molecular flexibility index (Phi) is 4.37. The van der Waals surface area contributed by atoms with E-state index < -0.39 is 0 Å². The second-order valence-electron chi connectivity index (χ2n) is 4.21. The number of anilines is 1. The van der Waals surface area contributed by atoms with E-state index in [2.05, 4.69) is 42.2 Å². The maximum Gasteiger partial charge on any atom is 0.257 e. The summed E-state index contributed by atoms with van der Waals surface area (Å²) < 4.78 is 1.70. The van der Waals surface area contributed by atoms with Gasteiger partial charge in [0, 0.05) is 15.1 Å². The number of nitrogens with one attached hydrogen (secondary N) is 1. The Bertz CT molecular complexity index is 641. The van der Waals surface area contributed by atoms with Gasteiger partial charge in [-0.1, -0.05) is 12.1 Å². The molecular formula is C14H12Br2N2O. The van der Waals surface area contributed by atoms with Crippen LogP contribution in [0.4, 0.5) is 5.82 Å². The lowest BCUT2D eigenvalue weighted by Crippen LogP contribution is -2.14. The highest BCUT2D eigenvalue weighted by atomic mass is 79.9. The molecule has 1 aromatic carbocycles. The van der Waals surface area contributed by atoms with Crippen molar-refractivity contribution in [3.63, 3.8) is 0 Å². The number of amides is 1. The number of benzene rings is 1. The third kappa shape index (κ3) is 3.22. The molecule has 0 aliphatic rings. The van der Waals surface area contributed by atoms with Gasteiger partial charge >= 0.3 is 0 Å². The standard InChI is InChI=1S/C14H12Br2N2O/c1-8-4-3-5-11(12(8)16)14(19)18-13-9(2)6-10(15)7-17-13/h3-7H,1-2H3,(H,17,18,19). The second-order valence-corrected chi connectivity index (χ2v) is 5.92. The molecule has 1 amide bonds. The van der Waals surface area contributed by atoms with E-state index in [4.69, 9.17) is 0 Å². The molecular weight excluding hydrogens is 372 g/mol. The van der Waals surface area contributed by atoms with Crippen molar-refractivity contribution < 1.29 is 4.79 Å². The molecule has 0 saturated carbocycles. The van der Waals surface area contributed by atoms with Gasteiger partial charge in [-0.25, -0.2) is 4.98 Å². The Morgan fingerprint density at radius 3 is 2.63 bits per heavy atom. The fourth-order valence-electron chi connectivity index (χ4n) is 1.67. The first-order chi connectivity index (χ1) is 8.99. The van der Waals surface area contributed by atoms with Crippen LogP contribution in [-0.4, -0.2) is 10.9 Å². The Labute approximate surface area is 128 Å². The normalized spacial score (nSPS) is 10.3. The van der Waals surface area contributed by atoms with Gasteiger partial charge in [-0.3, -0.25) is 4.79 Å². The van der Waals surface area contributed by atoms with Crippen molar-refractivity contribution in [2.45, 2.75) is 13.8 Å². The van der Waals surface area contributed by atoms with Crippen LogP contribution >= 0.6 is 31.9 Å². The highest BCUT2D eigenvalue weighted by molar-refractivity contribution is 9.10. The van der Waals surface area contributed by atoms with Gasteiger partial charge in [0.1, 0.15) is 5.82 Å². The summed E-state index contributed by atoms with van der Waals surface area (Å²) in [5, 5.41) is 2.82. The molecule has 19 heavy (non-hydrogen) atoms. The lowest BCUT2D eigenvalue weighted by Gasteiger charge is -2.09. The van der Waals surface area contributed by atoms with Crippen LogP contribution in [-0.2, 0) is 0 Å². The molecule has 0 aliphatic carbocycles. The highest BCUT2D eigenvalue weighted by Gasteiger charge is 2.13. The largest absolute Gasteiger partial charge is 0.306 e. The van der Waals surface area contributed by atoms with E-state index in [1.54, 1.807) is 12.3 Å². The predicted octanol–water partition coefficient (Wildman–Crippen LogP) is 4.48. The summed E-state index contributed by atoms with van der Waals surface area (Å²) in [6.45, 7) is 3.85. The van der Waals surface area contributed by atoms with E-state index >= 15 is 0 Å². The van der Waals surface area contributed by atoms with Crippen LogP contribution in [0.25, 0.3) is 0 Å². The van der Waals surface area contributed by atoms with Gasteiger partial charge in [0.2, 0.25) is 0 Å². The average Bonchev–Trinajstić information content (AvgIpc) is 2.36. The monoisotopic (exact) mass is 382 g/mol. The van der Waals surface area contributed by atoms with Gasteiger partial charge in [-0.15, -0.1) is 0 Å². The van der Waals surface area contributed by atoms with Crippen molar-refractivity contribution >= 4 is 43.6 Å². The van der Waals surface area contributed by atoms with E-state index in [0.29, 0.717) is 11.4 Å². The molecule has 3 nitrogen and oxygen atoms in total. The fourth-order valence-corrected chi connectivity index (χ4v) is 2.56. The molecule has 0 radical (unpaired) electrons. The van der Waals surface area contributed by atoms with E-state index in [-0.39, 0.29) is 5.91 Å². The van der Waals surface area contributed by atoms with Crippen LogP contribution in [0.1, 0.15) is 21.5 Å². The molecule has 1 N–H and O–H groups in total. The van der Waals surface area contributed by atoms with Crippen molar-refractivity contribution in [3.8, 4) is 0 Å². The molecule has 0 unspecified atom stereocenters. The molecule has 0 fully saturated rings. The van der Waals surface area contributed by atoms with Crippen LogP contribution in [0.2, 0.25) is 0 Å². The summed E-state index contributed by atoms with van der Waals surface area (Å²) in [7, 11) is 0. The summed E-state index contributed by atoms with van der Waals surface area (Å²) in [6.07, 6.45) is 1.66. The number of carbonyl (C=O) groups excluding carboxylic acids is 1. The summed E-state index contributed by atoms with van der Waals surface area (Å²) in [5.41, 5.74) is 2.53. The maximum absolute atomic E-state index is 12.2. The number of pyridine rings is 1. The van der Waals surface area contributed by atoms with Gasteiger partial charge in [-0.2, -0.15) is 0 Å². The van der Waals surface area contributed by atoms with E-state index in [0.717, 1.165) is 20.1 Å². The van der Waals surface area contributed by atoms with Gasteiger partial charge in [0.05, 0.1) is 5.56 Å². The molecule has 1 aromatic heterocycles. The summed E-state index contributed by atoms with van der Waals surface area (Å²) >= 11 is 6.78. The topological polar surface area (TPSA) is 42.0 Å². The molecule has 0 atom stereocenters. The molecule has 1 heterocycles. The molecule has 0 bridgehead atoms. The third-order valence-corrected chi connectivity index (χ3v) is 4.20. The van der Waals surface area contributed by atoms with E-state index in [1.165, 1.54) is 0 Å². The van der Waals surface area contributed by atoms with Crippen LogP contribution in [0, 0.1) is 13.8 Å². The van der Waals surface area contributed by atoms with Gasteiger partial charge in [-0.05, 0) is 69.0 Å².